The number of unbranched alkanes of at least 4 members (excludes halogenated alkanes) is 9. The number of allylic oxidation sites excluding steroid dienone is 2. The molecule has 0 atom stereocenters. The molecule has 0 spiro atoms. The third-order valence-electron chi connectivity index (χ3n) is 4.07. The fourth-order valence-electron chi connectivity index (χ4n) is 2.56. The van der Waals surface area contributed by atoms with E-state index in [0.29, 0.717) is 0 Å². The van der Waals surface area contributed by atoms with Gasteiger partial charge in [-0.25, -0.2) is 0 Å². The van der Waals surface area contributed by atoms with Crippen molar-refractivity contribution in [3.05, 3.63) is 12.2 Å². The van der Waals surface area contributed by atoms with Crippen LogP contribution in [-0.4, -0.2) is 0 Å². The van der Waals surface area contributed by atoms with Gasteiger partial charge in [0.2, 0.25) is 0 Å². The molecule has 0 aromatic carbocycles. The molecule has 0 saturated heterocycles. The van der Waals surface area contributed by atoms with Gasteiger partial charge in [-0.15, -0.1) is 0 Å². The van der Waals surface area contributed by atoms with E-state index in [-0.39, 0.29) is 0 Å². The summed E-state index contributed by atoms with van der Waals surface area (Å²) in [5, 5.41) is 0. The largest absolute Gasteiger partial charge is 0.0885 e. The summed E-state index contributed by atoms with van der Waals surface area (Å²) in [6, 6.07) is 0. The van der Waals surface area contributed by atoms with E-state index in [0.717, 1.165) is 5.92 Å². The molecule has 1 aliphatic rings. The second kappa shape index (κ2) is 11.8. The Labute approximate surface area is 115 Å². The van der Waals surface area contributed by atoms with Gasteiger partial charge >= 0.3 is 0 Å². The Balaban J connectivity index is 1.68. The molecule has 0 bridgehead atoms. The Hall–Kier alpha value is -0.260. The molecule has 0 radical (unpaired) electrons. The molecule has 0 nitrogen and oxygen atoms in total. The van der Waals surface area contributed by atoms with Crippen LogP contribution in [0, 0.1) is 5.92 Å². The second-order valence-corrected chi connectivity index (χ2v) is 6.11. The molecule has 18 heavy (non-hydrogen) atoms. The zero-order valence-corrected chi connectivity index (χ0v) is 12.6. The van der Waals surface area contributed by atoms with Crippen LogP contribution >= 0.6 is 0 Å². The minimum Gasteiger partial charge on any atom is -0.0885 e. The molecule has 0 heterocycles. The van der Waals surface area contributed by atoms with Gasteiger partial charge in [0.05, 0.1) is 0 Å². The number of hydrogen-bond donors (Lipinski definition) is 0. The van der Waals surface area contributed by atoms with Crippen molar-refractivity contribution in [3.8, 4) is 0 Å². The average Bonchev–Trinajstić information content (AvgIpc) is 3.19. The molecule has 0 aromatic heterocycles. The molecule has 1 fully saturated rings. The lowest BCUT2D eigenvalue weighted by Crippen LogP contribution is -1.79. The van der Waals surface area contributed by atoms with E-state index in [9.17, 15) is 0 Å². The van der Waals surface area contributed by atoms with Crippen molar-refractivity contribution in [2.75, 3.05) is 0 Å². The van der Waals surface area contributed by atoms with E-state index in [2.05, 4.69) is 19.1 Å². The fourth-order valence-corrected chi connectivity index (χ4v) is 2.56. The van der Waals surface area contributed by atoms with E-state index >= 15 is 0 Å². The molecular formula is C18H34. The molecule has 0 amide bonds. The molecule has 1 saturated carbocycles. The summed E-state index contributed by atoms with van der Waals surface area (Å²) in [6.07, 6.45) is 24.9. The van der Waals surface area contributed by atoms with Gasteiger partial charge in [0.25, 0.3) is 0 Å². The highest BCUT2D eigenvalue weighted by Crippen LogP contribution is 2.34. The number of rotatable bonds is 13. The summed E-state index contributed by atoms with van der Waals surface area (Å²) >= 11 is 0. The van der Waals surface area contributed by atoms with Gasteiger partial charge in [0.1, 0.15) is 0 Å². The van der Waals surface area contributed by atoms with Gasteiger partial charge in [-0.1, -0.05) is 83.3 Å². The highest BCUT2D eigenvalue weighted by atomic mass is 14.2. The third kappa shape index (κ3) is 10.9. The van der Waals surface area contributed by atoms with Crippen molar-refractivity contribution in [2.45, 2.75) is 96.8 Å². The molecular weight excluding hydrogens is 216 g/mol. The lowest BCUT2D eigenvalue weighted by molar-refractivity contribution is 0.604. The molecule has 0 aromatic rings. The summed E-state index contributed by atoms with van der Waals surface area (Å²) in [7, 11) is 0. The van der Waals surface area contributed by atoms with Gasteiger partial charge in [-0.05, 0) is 31.6 Å². The normalized spacial score (nSPS) is 15.6. The molecule has 106 valence electrons. The van der Waals surface area contributed by atoms with Crippen LogP contribution in [0.3, 0.4) is 0 Å². The molecule has 1 aliphatic carbocycles. The monoisotopic (exact) mass is 250 g/mol. The first-order valence-electron chi connectivity index (χ1n) is 8.58. The van der Waals surface area contributed by atoms with E-state index in [1.165, 1.54) is 89.9 Å². The maximum atomic E-state index is 2.42. The van der Waals surface area contributed by atoms with Crippen molar-refractivity contribution in [3.63, 3.8) is 0 Å². The van der Waals surface area contributed by atoms with E-state index in [1.807, 2.05) is 0 Å². The summed E-state index contributed by atoms with van der Waals surface area (Å²) in [5.74, 6) is 1.13. The van der Waals surface area contributed by atoms with Crippen molar-refractivity contribution >= 4 is 0 Å². The van der Waals surface area contributed by atoms with Crippen LogP contribution < -0.4 is 0 Å². The van der Waals surface area contributed by atoms with Gasteiger partial charge in [0.15, 0.2) is 0 Å². The van der Waals surface area contributed by atoms with Gasteiger partial charge in [0, 0.05) is 0 Å². The first-order valence-corrected chi connectivity index (χ1v) is 8.58. The van der Waals surface area contributed by atoms with E-state index < -0.39 is 0 Å². The van der Waals surface area contributed by atoms with Gasteiger partial charge in [-0.3, -0.25) is 0 Å². The highest BCUT2D eigenvalue weighted by Gasteiger charge is 2.19. The fraction of sp³-hybridized carbons (Fsp3) is 0.889. The van der Waals surface area contributed by atoms with Crippen LogP contribution in [0.5, 0.6) is 0 Å². The SMILES string of the molecule is CCCCCCCC/C=C\CCCCCC1CC1. The lowest BCUT2D eigenvalue weighted by Gasteiger charge is -1.98. The third-order valence-corrected chi connectivity index (χ3v) is 4.07. The van der Waals surface area contributed by atoms with E-state index in [1.54, 1.807) is 0 Å². The Morgan fingerprint density at radius 1 is 0.722 bits per heavy atom. The maximum absolute atomic E-state index is 2.42. The van der Waals surface area contributed by atoms with Crippen LogP contribution in [0.25, 0.3) is 0 Å². The minimum absolute atomic E-state index is 1.13. The summed E-state index contributed by atoms with van der Waals surface area (Å²) < 4.78 is 0. The highest BCUT2D eigenvalue weighted by molar-refractivity contribution is 4.81. The van der Waals surface area contributed by atoms with Crippen molar-refractivity contribution in [1.82, 2.24) is 0 Å². The number of hydrogen-bond acceptors (Lipinski definition) is 0. The summed E-state index contributed by atoms with van der Waals surface area (Å²) in [4.78, 5) is 0. The zero-order valence-electron chi connectivity index (χ0n) is 12.6. The zero-order chi connectivity index (χ0) is 12.9. The predicted molar refractivity (Wildman–Crippen MR) is 82.9 cm³/mol. The second-order valence-electron chi connectivity index (χ2n) is 6.11. The molecule has 0 aliphatic heterocycles. The van der Waals surface area contributed by atoms with Crippen LogP contribution in [-0.2, 0) is 0 Å². The van der Waals surface area contributed by atoms with Crippen molar-refractivity contribution < 1.29 is 0 Å². The molecule has 0 heteroatoms. The molecule has 0 N–H and O–H groups in total. The standard InChI is InChI=1S/C18H34/c1-2-3-4-5-6-7-8-9-10-11-12-13-14-15-18-16-17-18/h9-10,18H,2-8,11-17H2,1H3/b10-9-. The Morgan fingerprint density at radius 3 is 1.89 bits per heavy atom. The van der Waals surface area contributed by atoms with E-state index in [4.69, 9.17) is 0 Å². The van der Waals surface area contributed by atoms with Gasteiger partial charge in [-0.2, -0.15) is 0 Å². The van der Waals surface area contributed by atoms with Crippen LogP contribution in [0.4, 0.5) is 0 Å². The first-order chi connectivity index (χ1) is 8.93. The average molecular weight is 250 g/mol. The topological polar surface area (TPSA) is 0 Å². The Kier molecular flexibility index (Phi) is 10.4. The predicted octanol–water partition coefficient (Wildman–Crippen LogP) is 6.65. The summed E-state index contributed by atoms with van der Waals surface area (Å²) in [5.41, 5.74) is 0. The maximum Gasteiger partial charge on any atom is -0.0351 e. The Bertz CT molecular complexity index is 188. The summed E-state index contributed by atoms with van der Waals surface area (Å²) in [6.45, 7) is 2.29. The van der Waals surface area contributed by atoms with Gasteiger partial charge < -0.3 is 0 Å². The Morgan fingerprint density at radius 2 is 1.28 bits per heavy atom. The van der Waals surface area contributed by atoms with Crippen LogP contribution in [0.1, 0.15) is 96.8 Å². The lowest BCUT2D eigenvalue weighted by atomic mass is 10.1. The molecule has 1 rings (SSSR count). The first kappa shape index (κ1) is 15.8. The van der Waals surface area contributed by atoms with Crippen molar-refractivity contribution in [2.24, 2.45) is 5.92 Å². The minimum atomic E-state index is 1.13. The van der Waals surface area contributed by atoms with Crippen LogP contribution in [0.2, 0.25) is 0 Å². The molecule has 0 unspecified atom stereocenters. The van der Waals surface area contributed by atoms with Crippen molar-refractivity contribution in [1.29, 1.82) is 0 Å². The quantitative estimate of drug-likeness (QED) is 0.253. The smallest absolute Gasteiger partial charge is 0.0351 e. The van der Waals surface area contributed by atoms with Crippen LogP contribution in [0.15, 0.2) is 12.2 Å².